The van der Waals surface area contributed by atoms with Gasteiger partial charge in [-0.2, -0.15) is 0 Å². The molecule has 2 aromatic rings. The van der Waals surface area contributed by atoms with Crippen LogP contribution >= 0.6 is 0 Å². The van der Waals surface area contributed by atoms with Crippen molar-refractivity contribution >= 4 is 23.0 Å². The van der Waals surface area contributed by atoms with Gasteiger partial charge in [0.1, 0.15) is 5.52 Å². The van der Waals surface area contributed by atoms with E-state index >= 15 is 0 Å². The topological polar surface area (TPSA) is 60.9 Å². The molecule has 0 spiro atoms. The molecular formula is C13H15N3O. The van der Waals surface area contributed by atoms with Gasteiger partial charge in [0.05, 0.1) is 16.8 Å². The monoisotopic (exact) mass is 229 g/mol. The average Bonchev–Trinajstić information content (AvgIpc) is 2.62. The van der Waals surface area contributed by atoms with E-state index in [4.69, 9.17) is 5.73 Å². The molecular weight excluding hydrogens is 214 g/mol. The first-order valence-electron chi connectivity index (χ1n) is 5.49. The number of carbonyl (C=O) groups is 1. The molecule has 2 N–H and O–H groups in total. The van der Waals surface area contributed by atoms with Crippen LogP contribution in [0.1, 0.15) is 35.9 Å². The van der Waals surface area contributed by atoms with Crippen LogP contribution in [0.2, 0.25) is 0 Å². The van der Waals surface area contributed by atoms with E-state index in [9.17, 15) is 4.79 Å². The van der Waals surface area contributed by atoms with Crippen LogP contribution in [0, 0.1) is 0 Å². The van der Waals surface area contributed by atoms with Crippen LogP contribution in [0.25, 0.3) is 17.1 Å². The van der Waals surface area contributed by atoms with Crippen molar-refractivity contribution in [3.05, 3.63) is 36.2 Å². The lowest BCUT2D eigenvalue weighted by Gasteiger charge is -2.12. The van der Waals surface area contributed by atoms with Crippen LogP contribution < -0.4 is 5.73 Å². The van der Waals surface area contributed by atoms with Crippen molar-refractivity contribution in [1.29, 1.82) is 0 Å². The molecule has 2 heterocycles. The van der Waals surface area contributed by atoms with Crippen molar-refractivity contribution in [2.24, 2.45) is 5.73 Å². The second-order valence-corrected chi connectivity index (χ2v) is 4.16. The van der Waals surface area contributed by atoms with Crippen molar-refractivity contribution in [3.63, 3.8) is 0 Å². The van der Waals surface area contributed by atoms with Gasteiger partial charge >= 0.3 is 0 Å². The average molecular weight is 229 g/mol. The van der Waals surface area contributed by atoms with Crippen LogP contribution in [-0.2, 0) is 0 Å². The molecule has 4 nitrogen and oxygen atoms in total. The molecule has 1 amide bonds. The largest absolute Gasteiger partial charge is 0.365 e. The highest BCUT2D eigenvalue weighted by Gasteiger charge is 2.20. The molecule has 0 aliphatic rings. The number of hydrogen-bond acceptors (Lipinski definition) is 2. The third-order valence-corrected chi connectivity index (χ3v) is 2.75. The second-order valence-electron chi connectivity index (χ2n) is 4.16. The zero-order valence-electron chi connectivity index (χ0n) is 9.97. The Labute approximate surface area is 99.8 Å². The lowest BCUT2D eigenvalue weighted by atomic mass is 10.2. The molecule has 2 rings (SSSR count). The van der Waals surface area contributed by atoms with Crippen LogP contribution in [0.4, 0.5) is 0 Å². The van der Waals surface area contributed by atoms with Crippen LogP contribution in [0.3, 0.4) is 0 Å². The highest BCUT2D eigenvalue weighted by atomic mass is 16.1. The minimum atomic E-state index is -0.469. The Morgan fingerprint density at radius 1 is 1.59 bits per heavy atom. The predicted molar refractivity (Wildman–Crippen MR) is 68.7 cm³/mol. The number of amides is 1. The number of aromatic nitrogens is 2. The van der Waals surface area contributed by atoms with E-state index in [2.05, 4.69) is 11.6 Å². The Kier molecular flexibility index (Phi) is 2.71. The highest BCUT2D eigenvalue weighted by molar-refractivity contribution is 6.08. The maximum atomic E-state index is 11.6. The summed E-state index contributed by atoms with van der Waals surface area (Å²) >= 11 is 0. The molecule has 0 radical (unpaired) electrons. The zero-order valence-corrected chi connectivity index (χ0v) is 9.97. The third kappa shape index (κ3) is 1.62. The van der Waals surface area contributed by atoms with Gasteiger partial charge in [0.15, 0.2) is 0 Å². The number of primary amides is 1. The van der Waals surface area contributed by atoms with Gasteiger partial charge in [0.2, 0.25) is 0 Å². The fourth-order valence-electron chi connectivity index (χ4n) is 2.16. The standard InChI is InChI=1S/C13H15N3O/c1-4-9-11(13(14)17)12-10(6-5-7-15-12)16(9)8(2)3/h4-8H,1H2,2-3H3,(H2,14,17). The fraction of sp³-hybridized carbons (Fsp3) is 0.231. The Morgan fingerprint density at radius 2 is 2.29 bits per heavy atom. The summed E-state index contributed by atoms with van der Waals surface area (Å²) in [7, 11) is 0. The number of carbonyl (C=O) groups excluding carboxylic acids is 1. The van der Waals surface area contributed by atoms with Gasteiger partial charge in [-0.3, -0.25) is 9.78 Å². The molecule has 4 heteroatoms. The first-order valence-corrected chi connectivity index (χ1v) is 5.49. The summed E-state index contributed by atoms with van der Waals surface area (Å²) in [6, 6.07) is 3.99. The number of fused-ring (bicyclic) bond motifs is 1. The van der Waals surface area contributed by atoms with Crippen molar-refractivity contribution < 1.29 is 4.79 Å². The number of nitrogens with zero attached hydrogens (tertiary/aromatic N) is 2. The van der Waals surface area contributed by atoms with Crippen molar-refractivity contribution in [2.75, 3.05) is 0 Å². The van der Waals surface area contributed by atoms with Gasteiger partial charge in [-0.05, 0) is 32.1 Å². The van der Waals surface area contributed by atoms with Gasteiger partial charge in [0.25, 0.3) is 5.91 Å². The van der Waals surface area contributed by atoms with Crippen LogP contribution in [-0.4, -0.2) is 15.5 Å². The molecule has 2 aromatic heterocycles. The van der Waals surface area contributed by atoms with Gasteiger partial charge in [-0.1, -0.05) is 6.58 Å². The van der Waals surface area contributed by atoms with Crippen molar-refractivity contribution in [1.82, 2.24) is 9.55 Å². The van der Waals surface area contributed by atoms with Crippen LogP contribution in [0.5, 0.6) is 0 Å². The van der Waals surface area contributed by atoms with Crippen molar-refractivity contribution in [3.8, 4) is 0 Å². The molecule has 0 aliphatic carbocycles. The minimum Gasteiger partial charge on any atom is -0.365 e. The molecule has 0 fully saturated rings. The molecule has 0 atom stereocenters. The fourth-order valence-corrected chi connectivity index (χ4v) is 2.16. The van der Waals surface area contributed by atoms with E-state index in [1.807, 2.05) is 30.5 Å². The third-order valence-electron chi connectivity index (χ3n) is 2.75. The summed E-state index contributed by atoms with van der Waals surface area (Å²) < 4.78 is 2.02. The predicted octanol–water partition coefficient (Wildman–Crippen LogP) is 2.36. The Balaban J connectivity index is 2.97. The summed E-state index contributed by atoms with van der Waals surface area (Å²) in [5.74, 6) is -0.469. The van der Waals surface area contributed by atoms with E-state index in [1.54, 1.807) is 12.3 Å². The first-order chi connectivity index (χ1) is 8.07. The summed E-state index contributed by atoms with van der Waals surface area (Å²) in [6.45, 7) is 7.85. The highest BCUT2D eigenvalue weighted by Crippen LogP contribution is 2.28. The zero-order chi connectivity index (χ0) is 12.6. The second kappa shape index (κ2) is 4.05. The van der Waals surface area contributed by atoms with E-state index < -0.39 is 5.91 Å². The van der Waals surface area contributed by atoms with E-state index in [0.717, 1.165) is 11.2 Å². The van der Waals surface area contributed by atoms with E-state index in [0.29, 0.717) is 11.1 Å². The van der Waals surface area contributed by atoms with Gasteiger partial charge in [-0.25, -0.2) is 0 Å². The van der Waals surface area contributed by atoms with E-state index in [-0.39, 0.29) is 6.04 Å². The molecule has 0 bridgehead atoms. The molecule has 0 unspecified atom stereocenters. The van der Waals surface area contributed by atoms with Crippen molar-refractivity contribution in [2.45, 2.75) is 19.9 Å². The smallest absolute Gasteiger partial charge is 0.253 e. The molecule has 88 valence electrons. The molecule has 0 saturated heterocycles. The Bertz CT molecular complexity index is 596. The number of rotatable bonds is 3. The Hall–Kier alpha value is -2.10. The number of hydrogen-bond donors (Lipinski definition) is 1. The molecule has 0 saturated carbocycles. The Morgan fingerprint density at radius 3 is 2.82 bits per heavy atom. The summed E-state index contributed by atoms with van der Waals surface area (Å²) in [4.78, 5) is 15.8. The number of pyridine rings is 1. The van der Waals surface area contributed by atoms with E-state index in [1.165, 1.54) is 0 Å². The SMILES string of the molecule is C=Cc1c(C(N)=O)c2ncccc2n1C(C)C. The maximum Gasteiger partial charge on any atom is 0.253 e. The van der Waals surface area contributed by atoms with Crippen LogP contribution in [0.15, 0.2) is 24.9 Å². The molecule has 0 aliphatic heterocycles. The molecule has 0 aromatic carbocycles. The van der Waals surface area contributed by atoms with Gasteiger partial charge in [0, 0.05) is 12.2 Å². The minimum absolute atomic E-state index is 0.211. The summed E-state index contributed by atoms with van der Waals surface area (Å²) in [6.07, 6.45) is 3.31. The normalized spacial score (nSPS) is 11.0. The number of nitrogens with two attached hydrogens (primary N) is 1. The lowest BCUT2D eigenvalue weighted by molar-refractivity contribution is 0.100. The molecule has 17 heavy (non-hydrogen) atoms. The first kappa shape index (κ1) is 11.4. The summed E-state index contributed by atoms with van der Waals surface area (Å²) in [5.41, 5.74) is 8.17. The van der Waals surface area contributed by atoms with Gasteiger partial charge < -0.3 is 10.3 Å². The quantitative estimate of drug-likeness (QED) is 0.878. The maximum absolute atomic E-state index is 11.6. The lowest BCUT2D eigenvalue weighted by Crippen LogP contribution is -2.13. The summed E-state index contributed by atoms with van der Waals surface area (Å²) in [5, 5.41) is 0. The van der Waals surface area contributed by atoms with Gasteiger partial charge in [-0.15, -0.1) is 0 Å².